The van der Waals surface area contributed by atoms with Gasteiger partial charge in [0.1, 0.15) is 6.54 Å². The predicted molar refractivity (Wildman–Crippen MR) is 139 cm³/mol. The zero-order valence-electron chi connectivity index (χ0n) is 20.3. The highest BCUT2D eigenvalue weighted by atomic mass is 32.1. The molecule has 3 aliphatic heterocycles. The molecule has 7 heteroatoms. The number of thiophene rings is 1. The Morgan fingerprint density at radius 1 is 0.972 bits per heavy atom. The molecule has 6 nitrogen and oxygen atoms in total. The van der Waals surface area contributed by atoms with Crippen molar-refractivity contribution in [3.63, 3.8) is 0 Å². The number of hydrogen-bond acceptors (Lipinski definition) is 5. The first-order valence-corrected chi connectivity index (χ1v) is 13.6. The largest absolute Gasteiger partial charge is 0.453 e. The van der Waals surface area contributed by atoms with E-state index in [9.17, 15) is 14.7 Å². The van der Waals surface area contributed by atoms with Gasteiger partial charge in [-0.2, -0.15) is 0 Å². The molecule has 2 N–H and O–H groups in total. The number of nitrogens with one attached hydrogen (secondary N) is 1. The van der Waals surface area contributed by atoms with E-state index in [-0.39, 0.29) is 17.9 Å². The summed E-state index contributed by atoms with van der Waals surface area (Å²) in [5.74, 6) is -0.356. The van der Waals surface area contributed by atoms with Crippen molar-refractivity contribution in [2.75, 3.05) is 32.7 Å². The standard InChI is InChI=1S/C29H32N2O4S/c32-27(30-16-13-25-12-7-19-36-25)21-31-17-14-22(15-18-31)26(20-31)35-28(33)29(34,23-8-3-1-4-9-23)24-10-5-2-6-11-24/h1-12,19,22,26,34H,13-18,20-21H2/p+1. The average molecular weight is 506 g/mol. The van der Waals surface area contributed by atoms with Crippen LogP contribution in [0.4, 0.5) is 0 Å². The predicted octanol–water partition coefficient (Wildman–Crippen LogP) is 3.50. The molecule has 188 valence electrons. The smallest absolute Gasteiger partial charge is 0.348 e. The fourth-order valence-corrected chi connectivity index (χ4v) is 6.41. The van der Waals surface area contributed by atoms with Crippen molar-refractivity contribution in [2.45, 2.75) is 31.0 Å². The summed E-state index contributed by atoms with van der Waals surface area (Å²) in [4.78, 5) is 27.7. The highest BCUT2D eigenvalue weighted by molar-refractivity contribution is 7.09. The van der Waals surface area contributed by atoms with E-state index < -0.39 is 11.6 Å². The molecule has 6 rings (SSSR count). The van der Waals surface area contributed by atoms with Crippen molar-refractivity contribution in [3.8, 4) is 0 Å². The fourth-order valence-electron chi connectivity index (χ4n) is 5.70. The van der Waals surface area contributed by atoms with Crippen LogP contribution in [0.25, 0.3) is 0 Å². The SMILES string of the molecule is O=C(C[N+]12CCC(CC1)C(OC(=O)C(O)(c1ccccc1)c1ccccc1)C2)NCCc1cccs1. The average Bonchev–Trinajstić information content (AvgIpc) is 3.43. The quantitative estimate of drug-likeness (QED) is 0.345. The molecule has 0 aliphatic carbocycles. The van der Waals surface area contributed by atoms with Crippen LogP contribution in [0, 0.1) is 5.92 Å². The summed E-state index contributed by atoms with van der Waals surface area (Å²) in [6.07, 6.45) is 2.34. The first-order valence-electron chi connectivity index (χ1n) is 12.7. The number of esters is 1. The summed E-state index contributed by atoms with van der Waals surface area (Å²) in [6.45, 7) is 3.46. The molecule has 0 radical (unpaired) electrons. The Bertz CT molecular complexity index is 1120. The molecule has 1 unspecified atom stereocenters. The maximum atomic E-state index is 13.6. The zero-order chi connectivity index (χ0) is 25.0. The summed E-state index contributed by atoms with van der Waals surface area (Å²) in [5, 5.41) is 16.9. The molecule has 4 heterocycles. The number of benzene rings is 2. The number of fused-ring (bicyclic) bond motifs is 3. The summed E-state index contributed by atoms with van der Waals surface area (Å²) in [7, 11) is 0. The summed E-state index contributed by atoms with van der Waals surface area (Å²) in [6, 6.07) is 22.0. The maximum absolute atomic E-state index is 13.6. The van der Waals surface area contributed by atoms with E-state index in [1.54, 1.807) is 35.6 Å². The highest BCUT2D eigenvalue weighted by Gasteiger charge is 2.51. The third kappa shape index (κ3) is 5.09. The molecule has 0 saturated carbocycles. The highest BCUT2D eigenvalue weighted by Crippen LogP contribution is 2.38. The fraction of sp³-hybridized carbons (Fsp3) is 0.379. The normalized spacial score (nSPS) is 23.2. The van der Waals surface area contributed by atoms with Gasteiger partial charge in [0, 0.05) is 30.2 Å². The van der Waals surface area contributed by atoms with Crippen molar-refractivity contribution in [1.29, 1.82) is 0 Å². The maximum Gasteiger partial charge on any atom is 0.348 e. The molecule has 3 saturated heterocycles. The number of carbonyl (C=O) groups excluding carboxylic acids is 2. The van der Waals surface area contributed by atoms with Gasteiger partial charge in [-0.15, -0.1) is 11.3 Å². The minimum absolute atomic E-state index is 0.0436. The Labute approximate surface area is 216 Å². The lowest BCUT2D eigenvalue weighted by molar-refractivity contribution is -0.939. The Morgan fingerprint density at radius 3 is 2.19 bits per heavy atom. The van der Waals surface area contributed by atoms with E-state index in [4.69, 9.17) is 4.74 Å². The molecule has 3 aromatic rings. The molecular weight excluding hydrogens is 472 g/mol. The van der Waals surface area contributed by atoms with E-state index >= 15 is 0 Å². The Hall–Kier alpha value is -3.00. The third-order valence-corrected chi connectivity index (χ3v) is 8.67. The lowest BCUT2D eigenvalue weighted by Gasteiger charge is -2.51. The van der Waals surface area contributed by atoms with Gasteiger partial charge in [-0.05, 0) is 29.0 Å². The van der Waals surface area contributed by atoms with Gasteiger partial charge >= 0.3 is 5.97 Å². The number of rotatable bonds is 9. The molecule has 1 aromatic heterocycles. The summed E-state index contributed by atoms with van der Waals surface area (Å²) in [5.41, 5.74) is -0.925. The second-order valence-electron chi connectivity index (χ2n) is 10.0. The number of carbonyl (C=O) groups is 2. The van der Waals surface area contributed by atoms with E-state index in [1.165, 1.54) is 4.88 Å². The van der Waals surface area contributed by atoms with Crippen LogP contribution in [0.5, 0.6) is 0 Å². The molecular formula is C29H33N2O4S+. The molecule has 36 heavy (non-hydrogen) atoms. The van der Waals surface area contributed by atoms with Gasteiger partial charge < -0.3 is 19.6 Å². The second-order valence-corrected chi connectivity index (χ2v) is 11.1. The summed E-state index contributed by atoms with van der Waals surface area (Å²) >= 11 is 1.70. The van der Waals surface area contributed by atoms with Crippen LogP contribution in [-0.2, 0) is 26.3 Å². The third-order valence-electron chi connectivity index (χ3n) is 7.73. The van der Waals surface area contributed by atoms with Crippen LogP contribution in [0.3, 0.4) is 0 Å². The van der Waals surface area contributed by atoms with Gasteiger partial charge in [-0.3, -0.25) is 4.79 Å². The topological polar surface area (TPSA) is 75.6 Å². The molecule has 2 aromatic carbocycles. The minimum Gasteiger partial charge on any atom is -0.453 e. The van der Waals surface area contributed by atoms with E-state index in [0.29, 0.717) is 35.2 Å². The van der Waals surface area contributed by atoms with Crippen molar-refractivity contribution in [1.82, 2.24) is 5.32 Å². The zero-order valence-corrected chi connectivity index (χ0v) is 21.2. The van der Waals surface area contributed by atoms with Gasteiger partial charge in [-0.25, -0.2) is 4.79 Å². The monoisotopic (exact) mass is 505 g/mol. The lowest BCUT2D eigenvalue weighted by atomic mass is 9.82. The van der Waals surface area contributed by atoms with Gasteiger partial charge in [0.15, 0.2) is 12.6 Å². The lowest BCUT2D eigenvalue weighted by Crippen LogP contribution is -2.67. The van der Waals surface area contributed by atoms with Crippen LogP contribution in [0.2, 0.25) is 0 Å². The molecule has 0 spiro atoms. The number of amides is 1. The molecule has 3 fully saturated rings. The van der Waals surface area contributed by atoms with Gasteiger partial charge in [0.05, 0.1) is 13.1 Å². The molecule has 3 aliphatic rings. The minimum atomic E-state index is -1.89. The number of aliphatic hydroxyl groups is 1. The van der Waals surface area contributed by atoms with Crippen molar-refractivity contribution in [2.24, 2.45) is 5.92 Å². The van der Waals surface area contributed by atoms with E-state index in [0.717, 1.165) is 32.4 Å². The van der Waals surface area contributed by atoms with Crippen molar-refractivity contribution >= 4 is 23.2 Å². The Morgan fingerprint density at radius 2 is 1.61 bits per heavy atom. The van der Waals surface area contributed by atoms with E-state index in [1.807, 2.05) is 47.8 Å². The van der Waals surface area contributed by atoms with Crippen LogP contribution >= 0.6 is 11.3 Å². The van der Waals surface area contributed by atoms with Crippen LogP contribution in [0.15, 0.2) is 78.2 Å². The van der Waals surface area contributed by atoms with E-state index in [2.05, 4.69) is 11.4 Å². The molecule has 1 atom stereocenters. The first-order chi connectivity index (χ1) is 17.5. The van der Waals surface area contributed by atoms with Crippen molar-refractivity contribution in [3.05, 3.63) is 94.2 Å². The number of hydrogen-bond donors (Lipinski definition) is 2. The number of nitrogens with zero attached hydrogens (tertiary/aromatic N) is 1. The summed E-state index contributed by atoms with van der Waals surface area (Å²) < 4.78 is 6.73. The first kappa shape index (κ1) is 24.7. The number of ether oxygens (including phenoxy) is 1. The van der Waals surface area contributed by atoms with Crippen LogP contribution in [-0.4, -0.2) is 60.3 Å². The van der Waals surface area contributed by atoms with Crippen LogP contribution < -0.4 is 5.32 Å². The second kappa shape index (κ2) is 10.5. The number of piperidine rings is 3. The van der Waals surface area contributed by atoms with Gasteiger partial charge in [0.25, 0.3) is 5.91 Å². The van der Waals surface area contributed by atoms with Crippen molar-refractivity contribution < 1.29 is 23.9 Å². The number of quaternary nitrogens is 1. The molecule has 1 amide bonds. The van der Waals surface area contributed by atoms with Crippen LogP contribution in [0.1, 0.15) is 28.8 Å². The Balaban J connectivity index is 1.27. The Kier molecular flexibility index (Phi) is 7.23. The van der Waals surface area contributed by atoms with Gasteiger partial charge in [0.2, 0.25) is 5.60 Å². The molecule has 2 bridgehead atoms. The van der Waals surface area contributed by atoms with Gasteiger partial charge in [-0.1, -0.05) is 66.7 Å².